The standard InChI is InChI=1S/C22H21ClF2N2O2/c1-5-29-14(4)27-11-16(10-26-27)21-12(2)20(23)9-19(13(3)28)22(21)15-6-17(24)8-18(25)7-15/h6-11,14H,5H2,1-4H3. The number of rotatable bonds is 6. The topological polar surface area (TPSA) is 44.1 Å². The van der Waals surface area contributed by atoms with Crippen molar-refractivity contribution in [2.75, 3.05) is 6.61 Å². The Hall–Kier alpha value is -2.57. The molecule has 0 aliphatic carbocycles. The molecule has 1 atom stereocenters. The fourth-order valence-corrected chi connectivity index (χ4v) is 3.57. The highest BCUT2D eigenvalue weighted by Crippen LogP contribution is 2.41. The summed E-state index contributed by atoms with van der Waals surface area (Å²) in [5.41, 5.74) is 2.90. The molecular formula is C22H21ClF2N2O2. The van der Waals surface area contributed by atoms with E-state index in [4.69, 9.17) is 16.3 Å². The summed E-state index contributed by atoms with van der Waals surface area (Å²) < 4.78 is 35.1. The lowest BCUT2D eigenvalue weighted by molar-refractivity contribution is 0.0160. The molecule has 7 heteroatoms. The zero-order valence-electron chi connectivity index (χ0n) is 16.6. The summed E-state index contributed by atoms with van der Waals surface area (Å²) in [6.45, 7) is 7.45. The van der Waals surface area contributed by atoms with Crippen molar-refractivity contribution >= 4 is 17.4 Å². The van der Waals surface area contributed by atoms with Gasteiger partial charge in [0.1, 0.15) is 17.9 Å². The molecule has 0 fully saturated rings. The highest BCUT2D eigenvalue weighted by Gasteiger charge is 2.22. The van der Waals surface area contributed by atoms with E-state index in [-0.39, 0.29) is 23.1 Å². The van der Waals surface area contributed by atoms with Crippen LogP contribution in [-0.4, -0.2) is 22.2 Å². The van der Waals surface area contributed by atoms with Crippen molar-refractivity contribution in [3.63, 3.8) is 0 Å². The third-order valence-electron chi connectivity index (χ3n) is 4.72. The maximum Gasteiger partial charge on any atom is 0.160 e. The first-order valence-electron chi connectivity index (χ1n) is 9.19. The van der Waals surface area contributed by atoms with Gasteiger partial charge in [-0.1, -0.05) is 11.6 Å². The van der Waals surface area contributed by atoms with Crippen LogP contribution in [0.3, 0.4) is 0 Å². The number of benzene rings is 2. The van der Waals surface area contributed by atoms with E-state index in [9.17, 15) is 13.6 Å². The van der Waals surface area contributed by atoms with Gasteiger partial charge in [-0.25, -0.2) is 13.5 Å². The maximum atomic E-state index is 14.0. The van der Waals surface area contributed by atoms with Gasteiger partial charge in [0.15, 0.2) is 5.78 Å². The van der Waals surface area contributed by atoms with Gasteiger partial charge in [0.05, 0.1) is 6.20 Å². The predicted molar refractivity (Wildman–Crippen MR) is 109 cm³/mol. The second-order valence-electron chi connectivity index (χ2n) is 6.76. The lowest BCUT2D eigenvalue weighted by Gasteiger charge is -2.18. The van der Waals surface area contributed by atoms with Crippen molar-refractivity contribution < 1.29 is 18.3 Å². The molecule has 2 aromatic carbocycles. The van der Waals surface area contributed by atoms with Crippen molar-refractivity contribution in [3.05, 3.63) is 64.4 Å². The number of Topliss-reactive ketones (excluding diaryl/α,β-unsaturated/α-hetero) is 1. The molecule has 3 aromatic rings. The first kappa shape index (κ1) is 21.1. The molecule has 29 heavy (non-hydrogen) atoms. The fraction of sp³-hybridized carbons (Fsp3) is 0.273. The number of halogens is 3. The fourth-order valence-electron chi connectivity index (χ4n) is 3.37. The molecule has 3 rings (SSSR count). The molecule has 0 bridgehead atoms. The number of carbonyl (C=O) groups is 1. The van der Waals surface area contributed by atoms with Gasteiger partial charge in [0.25, 0.3) is 0 Å². The van der Waals surface area contributed by atoms with Gasteiger partial charge in [-0.2, -0.15) is 5.10 Å². The molecule has 1 heterocycles. The van der Waals surface area contributed by atoms with Crippen LogP contribution in [0.2, 0.25) is 5.02 Å². The van der Waals surface area contributed by atoms with Crippen molar-refractivity contribution in [1.82, 2.24) is 9.78 Å². The Morgan fingerprint density at radius 1 is 1.17 bits per heavy atom. The molecule has 0 N–H and O–H groups in total. The lowest BCUT2D eigenvalue weighted by atomic mass is 9.87. The molecule has 0 saturated heterocycles. The van der Waals surface area contributed by atoms with E-state index in [0.717, 1.165) is 6.07 Å². The van der Waals surface area contributed by atoms with E-state index < -0.39 is 11.6 Å². The lowest BCUT2D eigenvalue weighted by Crippen LogP contribution is -2.09. The normalized spacial score (nSPS) is 12.2. The average Bonchev–Trinajstić information content (AvgIpc) is 3.12. The van der Waals surface area contributed by atoms with Gasteiger partial charge in [-0.3, -0.25) is 4.79 Å². The van der Waals surface area contributed by atoms with Gasteiger partial charge in [-0.05, 0) is 62.6 Å². The Morgan fingerprint density at radius 3 is 2.41 bits per heavy atom. The molecule has 152 valence electrons. The average molecular weight is 419 g/mol. The third-order valence-corrected chi connectivity index (χ3v) is 5.12. The minimum Gasteiger partial charge on any atom is -0.357 e. The van der Waals surface area contributed by atoms with Gasteiger partial charge in [0.2, 0.25) is 0 Å². The molecule has 0 aliphatic rings. The Labute approximate surface area is 173 Å². The number of ketones is 1. The van der Waals surface area contributed by atoms with E-state index in [1.165, 1.54) is 25.1 Å². The van der Waals surface area contributed by atoms with Gasteiger partial charge in [0, 0.05) is 40.6 Å². The molecule has 0 aliphatic heterocycles. The van der Waals surface area contributed by atoms with Crippen LogP contribution in [0.25, 0.3) is 22.3 Å². The summed E-state index contributed by atoms with van der Waals surface area (Å²) in [7, 11) is 0. The monoisotopic (exact) mass is 418 g/mol. The summed E-state index contributed by atoms with van der Waals surface area (Å²) in [5.74, 6) is -1.72. The molecule has 1 unspecified atom stereocenters. The molecule has 0 amide bonds. The number of carbonyl (C=O) groups excluding carboxylic acids is 1. The third kappa shape index (κ3) is 4.23. The van der Waals surface area contributed by atoms with E-state index in [1.807, 2.05) is 13.8 Å². The van der Waals surface area contributed by atoms with Crippen LogP contribution >= 0.6 is 11.6 Å². The van der Waals surface area contributed by atoms with Crippen LogP contribution in [0.5, 0.6) is 0 Å². The smallest absolute Gasteiger partial charge is 0.160 e. The minimum atomic E-state index is -0.728. The second-order valence-corrected chi connectivity index (χ2v) is 7.17. The molecule has 0 saturated carbocycles. The van der Waals surface area contributed by atoms with E-state index in [2.05, 4.69) is 5.10 Å². The van der Waals surface area contributed by atoms with Crippen molar-refractivity contribution in [3.8, 4) is 22.3 Å². The summed E-state index contributed by atoms with van der Waals surface area (Å²) in [6, 6.07) is 4.74. The first-order chi connectivity index (χ1) is 13.7. The molecule has 1 aromatic heterocycles. The number of nitrogens with zero attached hydrogens (tertiary/aromatic N) is 2. The summed E-state index contributed by atoms with van der Waals surface area (Å²) in [6.07, 6.45) is 3.09. The number of hydrogen-bond acceptors (Lipinski definition) is 3. The van der Waals surface area contributed by atoms with Crippen LogP contribution in [-0.2, 0) is 4.74 Å². The SMILES string of the molecule is CCOC(C)n1cc(-c2c(C)c(Cl)cc(C(C)=O)c2-c2cc(F)cc(F)c2)cn1. The molecule has 0 spiro atoms. The zero-order chi connectivity index (χ0) is 21.3. The summed E-state index contributed by atoms with van der Waals surface area (Å²) >= 11 is 6.40. The molecule has 4 nitrogen and oxygen atoms in total. The Bertz CT molecular complexity index is 1060. The van der Waals surface area contributed by atoms with Crippen molar-refractivity contribution in [1.29, 1.82) is 0 Å². The summed E-state index contributed by atoms with van der Waals surface area (Å²) in [5, 5.41) is 4.73. The Balaban J connectivity index is 2.32. The van der Waals surface area contributed by atoms with Gasteiger partial charge >= 0.3 is 0 Å². The summed E-state index contributed by atoms with van der Waals surface area (Å²) in [4.78, 5) is 12.4. The van der Waals surface area contributed by atoms with Crippen molar-refractivity contribution in [2.24, 2.45) is 0 Å². The Kier molecular flexibility index (Phi) is 6.15. The van der Waals surface area contributed by atoms with Crippen molar-refractivity contribution in [2.45, 2.75) is 33.9 Å². The Morgan fingerprint density at radius 2 is 1.83 bits per heavy atom. The quantitative estimate of drug-likeness (QED) is 0.446. The van der Waals surface area contributed by atoms with Crippen LogP contribution in [0.1, 0.15) is 42.9 Å². The van der Waals surface area contributed by atoms with Gasteiger partial charge in [-0.15, -0.1) is 0 Å². The highest BCUT2D eigenvalue weighted by molar-refractivity contribution is 6.32. The van der Waals surface area contributed by atoms with Crippen LogP contribution < -0.4 is 0 Å². The molecular weight excluding hydrogens is 398 g/mol. The van der Waals surface area contributed by atoms with E-state index in [1.54, 1.807) is 24.0 Å². The highest BCUT2D eigenvalue weighted by atomic mass is 35.5. The predicted octanol–water partition coefficient (Wildman–Crippen LogP) is 6.21. The zero-order valence-corrected chi connectivity index (χ0v) is 17.3. The maximum absolute atomic E-state index is 14.0. The van der Waals surface area contributed by atoms with Gasteiger partial charge < -0.3 is 4.74 Å². The number of hydrogen-bond donors (Lipinski definition) is 0. The largest absolute Gasteiger partial charge is 0.357 e. The first-order valence-corrected chi connectivity index (χ1v) is 9.57. The van der Waals surface area contributed by atoms with E-state index in [0.29, 0.717) is 33.9 Å². The minimum absolute atomic E-state index is 0.257. The second kappa shape index (κ2) is 8.43. The molecule has 0 radical (unpaired) electrons. The van der Waals surface area contributed by atoms with E-state index >= 15 is 0 Å². The van der Waals surface area contributed by atoms with Crippen LogP contribution in [0.15, 0.2) is 36.7 Å². The van der Waals surface area contributed by atoms with Crippen LogP contribution in [0.4, 0.5) is 8.78 Å². The number of ether oxygens (including phenoxy) is 1. The van der Waals surface area contributed by atoms with Crippen LogP contribution in [0, 0.1) is 18.6 Å². The number of aromatic nitrogens is 2.